The van der Waals surface area contributed by atoms with E-state index in [1.165, 1.54) is 5.69 Å². The molecule has 0 aromatic heterocycles. The van der Waals surface area contributed by atoms with E-state index in [4.69, 9.17) is 0 Å². The zero-order valence-electron chi connectivity index (χ0n) is 10.1. The summed E-state index contributed by atoms with van der Waals surface area (Å²) in [5.74, 6) is 0. The maximum atomic E-state index is 3.62. The molecule has 3 heteroatoms. The minimum absolute atomic E-state index is 0.181. The van der Waals surface area contributed by atoms with Crippen molar-refractivity contribution in [1.29, 1.82) is 0 Å². The number of halogens is 1. The number of nitrogens with zero attached hydrogens (tertiary/aromatic N) is 1. The van der Waals surface area contributed by atoms with Gasteiger partial charge in [0.25, 0.3) is 0 Å². The molecule has 2 nitrogen and oxygen atoms in total. The number of rotatable bonds is 1. The van der Waals surface area contributed by atoms with Crippen LogP contribution in [0, 0.1) is 0 Å². The molecule has 0 saturated carbocycles. The molecule has 1 N–H and O–H groups in total. The summed E-state index contributed by atoms with van der Waals surface area (Å²) in [6.07, 6.45) is 0. The van der Waals surface area contributed by atoms with Crippen molar-refractivity contribution in [3.63, 3.8) is 0 Å². The smallest absolute Gasteiger partial charge is 0.0378 e. The molecule has 1 saturated heterocycles. The largest absolute Gasteiger partial charge is 0.368 e. The molecular weight excluding hydrogens is 264 g/mol. The molecule has 2 rings (SSSR count). The zero-order valence-corrected chi connectivity index (χ0v) is 11.7. The Morgan fingerprint density at radius 1 is 1.44 bits per heavy atom. The fourth-order valence-electron chi connectivity index (χ4n) is 2.50. The first-order chi connectivity index (χ1) is 7.46. The van der Waals surface area contributed by atoms with E-state index in [0.29, 0.717) is 6.04 Å². The van der Waals surface area contributed by atoms with Crippen molar-refractivity contribution in [3.05, 3.63) is 28.7 Å². The van der Waals surface area contributed by atoms with Crippen molar-refractivity contribution in [1.82, 2.24) is 5.32 Å². The maximum Gasteiger partial charge on any atom is 0.0378 e. The Bertz CT molecular complexity index is 376. The van der Waals surface area contributed by atoms with Gasteiger partial charge in [0.1, 0.15) is 0 Å². The van der Waals surface area contributed by atoms with E-state index >= 15 is 0 Å². The van der Waals surface area contributed by atoms with E-state index in [9.17, 15) is 0 Å². The van der Waals surface area contributed by atoms with E-state index in [-0.39, 0.29) is 5.54 Å². The normalized spacial score (nSPS) is 24.5. The molecule has 1 fully saturated rings. The summed E-state index contributed by atoms with van der Waals surface area (Å²) in [5, 5.41) is 3.62. The van der Waals surface area contributed by atoms with Gasteiger partial charge in [-0.1, -0.05) is 22.0 Å². The van der Waals surface area contributed by atoms with Crippen LogP contribution in [0.2, 0.25) is 0 Å². The quantitative estimate of drug-likeness (QED) is 0.852. The van der Waals surface area contributed by atoms with E-state index < -0.39 is 0 Å². The lowest BCUT2D eigenvalue weighted by Gasteiger charge is -2.44. The van der Waals surface area contributed by atoms with Crippen molar-refractivity contribution in [2.45, 2.75) is 32.4 Å². The van der Waals surface area contributed by atoms with Gasteiger partial charge >= 0.3 is 0 Å². The summed E-state index contributed by atoms with van der Waals surface area (Å²) >= 11 is 3.53. The highest BCUT2D eigenvalue weighted by atomic mass is 79.9. The summed E-state index contributed by atoms with van der Waals surface area (Å²) in [5.41, 5.74) is 1.48. The van der Waals surface area contributed by atoms with Gasteiger partial charge in [-0.05, 0) is 39.0 Å². The second-order valence-corrected chi connectivity index (χ2v) is 6.21. The molecule has 1 aromatic carbocycles. The molecule has 1 aliphatic rings. The Morgan fingerprint density at radius 3 is 2.81 bits per heavy atom. The molecule has 88 valence electrons. The molecule has 1 unspecified atom stereocenters. The fourth-order valence-corrected chi connectivity index (χ4v) is 2.89. The van der Waals surface area contributed by atoms with Gasteiger partial charge in [0.05, 0.1) is 0 Å². The molecule has 0 bridgehead atoms. The average Bonchev–Trinajstić information content (AvgIpc) is 2.14. The van der Waals surface area contributed by atoms with Gasteiger partial charge in [-0.2, -0.15) is 0 Å². The first-order valence-corrected chi connectivity index (χ1v) is 6.54. The van der Waals surface area contributed by atoms with Crippen molar-refractivity contribution in [3.8, 4) is 0 Å². The van der Waals surface area contributed by atoms with Gasteiger partial charge in [0, 0.05) is 34.8 Å². The molecule has 1 aromatic rings. The Balaban J connectivity index is 2.21. The predicted molar refractivity (Wildman–Crippen MR) is 73.0 cm³/mol. The van der Waals surface area contributed by atoms with Gasteiger partial charge in [0.2, 0.25) is 0 Å². The van der Waals surface area contributed by atoms with E-state index in [1.807, 2.05) is 0 Å². The molecule has 1 atom stereocenters. The third-order valence-corrected chi connectivity index (χ3v) is 3.38. The lowest BCUT2D eigenvalue weighted by atomic mass is 9.98. The minimum atomic E-state index is 0.181. The predicted octanol–water partition coefficient (Wildman–Crippen LogP) is 3.03. The van der Waals surface area contributed by atoms with Crippen LogP contribution in [-0.2, 0) is 0 Å². The van der Waals surface area contributed by atoms with Crippen LogP contribution in [0.15, 0.2) is 28.7 Å². The summed E-state index contributed by atoms with van der Waals surface area (Å²) in [6, 6.07) is 9.06. The molecule has 0 aliphatic carbocycles. The number of benzene rings is 1. The number of piperazine rings is 1. The lowest BCUT2D eigenvalue weighted by Crippen LogP contribution is -2.61. The van der Waals surface area contributed by atoms with Crippen LogP contribution in [-0.4, -0.2) is 24.7 Å². The molecule has 1 aliphatic heterocycles. The van der Waals surface area contributed by atoms with Crippen molar-refractivity contribution >= 4 is 21.6 Å². The lowest BCUT2D eigenvalue weighted by molar-refractivity contribution is 0.301. The summed E-state index contributed by atoms with van der Waals surface area (Å²) in [4.78, 5) is 2.45. The standard InChI is InChI=1S/C13H19BrN2/c1-10-8-16(9-13(2,3)15-10)12-6-4-5-11(14)7-12/h4-7,10,15H,8-9H2,1-3H3. The first kappa shape index (κ1) is 11.9. The molecule has 1 heterocycles. The summed E-state index contributed by atoms with van der Waals surface area (Å²) in [6.45, 7) is 8.88. The van der Waals surface area contributed by atoms with Gasteiger partial charge in [-0.15, -0.1) is 0 Å². The van der Waals surface area contributed by atoms with Crippen LogP contribution in [0.4, 0.5) is 5.69 Å². The van der Waals surface area contributed by atoms with Crippen LogP contribution in [0.1, 0.15) is 20.8 Å². The maximum absolute atomic E-state index is 3.62. The van der Waals surface area contributed by atoms with Crippen LogP contribution in [0.5, 0.6) is 0 Å². The van der Waals surface area contributed by atoms with Gasteiger partial charge in [0.15, 0.2) is 0 Å². The third kappa shape index (κ3) is 2.77. The highest BCUT2D eigenvalue weighted by Gasteiger charge is 2.29. The average molecular weight is 283 g/mol. The van der Waals surface area contributed by atoms with Gasteiger partial charge < -0.3 is 10.2 Å². The van der Waals surface area contributed by atoms with Crippen LogP contribution >= 0.6 is 15.9 Å². The van der Waals surface area contributed by atoms with E-state index in [0.717, 1.165) is 17.6 Å². The Morgan fingerprint density at radius 2 is 2.19 bits per heavy atom. The van der Waals surface area contributed by atoms with Crippen molar-refractivity contribution < 1.29 is 0 Å². The van der Waals surface area contributed by atoms with Gasteiger partial charge in [-0.3, -0.25) is 0 Å². The number of hydrogen-bond acceptors (Lipinski definition) is 2. The molecule has 0 spiro atoms. The second-order valence-electron chi connectivity index (χ2n) is 5.29. The molecule has 0 radical (unpaired) electrons. The van der Waals surface area contributed by atoms with Crippen LogP contribution in [0.3, 0.4) is 0 Å². The number of hydrogen-bond donors (Lipinski definition) is 1. The SMILES string of the molecule is CC1CN(c2cccc(Br)c2)CC(C)(C)N1. The Kier molecular flexibility index (Phi) is 3.27. The monoisotopic (exact) mass is 282 g/mol. The Labute approximate surface area is 106 Å². The molecule has 0 amide bonds. The van der Waals surface area contributed by atoms with Crippen molar-refractivity contribution in [2.75, 3.05) is 18.0 Å². The highest BCUT2D eigenvalue weighted by Crippen LogP contribution is 2.24. The third-order valence-electron chi connectivity index (χ3n) is 2.89. The number of nitrogens with one attached hydrogen (secondary N) is 1. The van der Waals surface area contributed by atoms with E-state index in [2.05, 4.69) is 71.2 Å². The first-order valence-electron chi connectivity index (χ1n) is 5.74. The molecule has 16 heavy (non-hydrogen) atoms. The van der Waals surface area contributed by atoms with Crippen LogP contribution < -0.4 is 10.2 Å². The highest BCUT2D eigenvalue weighted by molar-refractivity contribution is 9.10. The van der Waals surface area contributed by atoms with Crippen molar-refractivity contribution in [2.24, 2.45) is 0 Å². The summed E-state index contributed by atoms with van der Waals surface area (Å²) < 4.78 is 1.15. The second kappa shape index (κ2) is 4.38. The van der Waals surface area contributed by atoms with E-state index in [1.54, 1.807) is 0 Å². The zero-order chi connectivity index (χ0) is 11.8. The van der Waals surface area contributed by atoms with Gasteiger partial charge in [-0.25, -0.2) is 0 Å². The summed E-state index contributed by atoms with van der Waals surface area (Å²) in [7, 11) is 0. The Hall–Kier alpha value is -0.540. The minimum Gasteiger partial charge on any atom is -0.368 e. The topological polar surface area (TPSA) is 15.3 Å². The molecular formula is C13H19BrN2. The fraction of sp³-hybridized carbons (Fsp3) is 0.538. The number of anilines is 1. The van der Waals surface area contributed by atoms with Crippen LogP contribution in [0.25, 0.3) is 0 Å².